The Morgan fingerprint density at radius 2 is 1.73 bits per heavy atom. The molecule has 2 atom stereocenters. The molecular formula is C16H17ClO5. The summed E-state index contributed by atoms with van der Waals surface area (Å²) in [5, 5.41) is 0.485. The molecule has 2 unspecified atom stereocenters. The SMILES string of the molecule is CCOC(=O)C(=O)c1c2c(c(Cl)c3c1OC(C)C3)OC(C)C2. The molecule has 0 radical (unpaired) electrons. The molecule has 2 aliphatic rings. The number of benzene rings is 1. The fraction of sp³-hybridized carbons (Fsp3) is 0.500. The molecule has 0 saturated heterocycles. The Hall–Kier alpha value is -1.75. The summed E-state index contributed by atoms with van der Waals surface area (Å²) in [6.45, 7) is 5.59. The van der Waals surface area contributed by atoms with Crippen molar-refractivity contribution in [2.45, 2.75) is 45.8 Å². The zero-order chi connectivity index (χ0) is 16.0. The zero-order valence-corrected chi connectivity index (χ0v) is 13.5. The number of halogens is 1. The molecule has 1 aromatic carbocycles. The summed E-state index contributed by atoms with van der Waals surface area (Å²) in [6, 6.07) is 0. The zero-order valence-electron chi connectivity index (χ0n) is 12.7. The molecule has 0 bridgehead atoms. The van der Waals surface area contributed by atoms with Gasteiger partial charge in [-0.3, -0.25) is 4.79 Å². The third-order valence-corrected chi connectivity index (χ3v) is 4.25. The lowest BCUT2D eigenvalue weighted by Gasteiger charge is -2.13. The normalized spacial score (nSPS) is 21.6. The summed E-state index contributed by atoms with van der Waals surface area (Å²) in [7, 11) is 0. The van der Waals surface area contributed by atoms with Gasteiger partial charge in [-0.15, -0.1) is 0 Å². The summed E-state index contributed by atoms with van der Waals surface area (Å²) in [4.78, 5) is 24.4. The van der Waals surface area contributed by atoms with Crippen LogP contribution in [0.1, 0.15) is 42.3 Å². The number of ether oxygens (including phenoxy) is 3. The lowest BCUT2D eigenvalue weighted by Crippen LogP contribution is -2.20. The average Bonchev–Trinajstić information content (AvgIpc) is 3.02. The predicted octanol–water partition coefficient (Wildman–Crippen LogP) is 2.73. The van der Waals surface area contributed by atoms with Crippen molar-refractivity contribution >= 4 is 23.4 Å². The maximum atomic E-state index is 12.5. The van der Waals surface area contributed by atoms with Crippen LogP contribution in [-0.4, -0.2) is 30.6 Å². The molecule has 0 saturated carbocycles. The van der Waals surface area contributed by atoms with Crippen molar-refractivity contribution in [2.24, 2.45) is 0 Å². The van der Waals surface area contributed by atoms with E-state index in [1.807, 2.05) is 13.8 Å². The van der Waals surface area contributed by atoms with E-state index < -0.39 is 11.8 Å². The highest BCUT2D eigenvalue weighted by atomic mass is 35.5. The highest BCUT2D eigenvalue weighted by Gasteiger charge is 2.39. The highest BCUT2D eigenvalue weighted by molar-refractivity contribution is 6.42. The van der Waals surface area contributed by atoms with Gasteiger partial charge >= 0.3 is 5.97 Å². The van der Waals surface area contributed by atoms with Crippen LogP contribution in [0.3, 0.4) is 0 Å². The molecule has 0 aliphatic carbocycles. The van der Waals surface area contributed by atoms with Crippen molar-refractivity contribution < 1.29 is 23.8 Å². The number of hydrogen-bond acceptors (Lipinski definition) is 5. The van der Waals surface area contributed by atoms with E-state index >= 15 is 0 Å². The van der Waals surface area contributed by atoms with Gasteiger partial charge in [0, 0.05) is 24.0 Å². The molecule has 2 aliphatic heterocycles. The van der Waals surface area contributed by atoms with Crippen LogP contribution in [0.4, 0.5) is 0 Å². The standard InChI is InChI=1S/C16H17ClO5/c1-4-20-16(19)13(18)11-9-5-7(2)22-15(9)12(17)10-6-8(3)21-14(10)11/h7-8H,4-6H2,1-3H3. The largest absolute Gasteiger partial charge is 0.489 e. The van der Waals surface area contributed by atoms with Crippen LogP contribution in [0.2, 0.25) is 5.02 Å². The highest BCUT2D eigenvalue weighted by Crippen LogP contribution is 2.49. The second-order valence-corrected chi connectivity index (χ2v) is 6.00. The van der Waals surface area contributed by atoms with Crippen molar-refractivity contribution in [3.63, 3.8) is 0 Å². The number of fused-ring (bicyclic) bond motifs is 2. The van der Waals surface area contributed by atoms with E-state index in [0.29, 0.717) is 34.9 Å². The number of rotatable bonds is 3. The first-order valence-electron chi connectivity index (χ1n) is 7.36. The van der Waals surface area contributed by atoms with E-state index in [0.717, 1.165) is 5.56 Å². The van der Waals surface area contributed by atoms with Gasteiger partial charge in [0.2, 0.25) is 0 Å². The molecule has 0 N–H and O–H groups in total. The molecule has 5 nitrogen and oxygen atoms in total. The Balaban J connectivity index is 2.17. The topological polar surface area (TPSA) is 61.8 Å². The lowest BCUT2D eigenvalue weighted by atomic mass is 9.95. The Kier molecular flexibility index (Phi) is 3.77. The summed E-state index contributed by atoms with van der Waals surface area (Å²) in [6.07, 6.45) is 0.908. The van der Waals surface area contributed by atoms with Gasteiger partial charge in [0.25, 0.3) is 5.78 Å². The number of Topliss-reactive ketones (excluding diaryl/α,β-unsaturated/α-hetero) is 1. The minimum atomic E-state index is -0.878. The number of carbonyl (C=O) groups excluding carboxylic acids is 2. The number of carbonyl (C=O) groups is 2. The molecule has 3 rings (SSSR count). The van der Waals surface area contributed by atoms with Gasteiger partial charge in [0.15, 0.2) is 0 Å². The third kappa shape index (κ3) is 2.24. The van der Waals surface area contributed by atoms with Gasteiger partial charge in [-0.2, -0.15) is 0 Å². The number of esters is 1. The monoisotopic (exact) mass is 324 g/mol. The molecule has 0 aromatic heterocycles. The fourth-order valence-electron chi connectivity index (χ4n) is 3.00. The smallest absolute Gasteiger partial charge is 0.379 e. The van der Waals surface area contributed by atoms with Gasteiger partial charge in [-0.05, 0) is 20.8 Å². The molecule has 118 valence electrons. The van der Waals surface area contributed by atoms with Crippen LogP contribution in [-0.2, 0) is 22.4 Å². The molecule has 0 fully saturated rings. The molecule has 1 aromatic rings. The van der Waals surface area contributed by atoms with Crippen LogP contribution in [0.5, 0.6) is 11.5 Å². The third-order valence-electron chi connectivity index (χ3n) is 3.85. The van der Waals surface area contributed by atoms with E-state index in [1.165, 1.54) is 0 Å². The lowest BCUT2D eigenvalue weighted by molar-refractivity contribution is -0.137. The fourth-order valence-corrected chi connectivity index (χ4v) is 3.32. The van der Waals surface area contributed by atoms with E-state index in [1.54, 1.807) is 6.92 Å². The first-order valence-corrected chi connectivity index (χ1v) is 7.73. The summed E-state index contributed by atoms with van der Waals surface area (Å²) in [5.74, 6) is -0.667. The van der Waals surface area contributed by atoms with Crippen LogP contribution in [0.15, 0.2) is 0 Å². The van der Waals surface area contributed by atoms with Crippen LogP contribution in [0.25, 0.3) is 0 Å². The van der Waals surface area contributed by atoms with E-state index in [4.69, 9.17) is 25.8 Å². The number of hydrogen-bond donors (Lipinski definition) is 0. The molecule has 6 heteroatoms. The van der Waals surface area contributed by atoms with Gasteiger partial charge in [-0.25, -0.2) is 4.79 Å². The second-order valence-electron chi connectivity index (χ2n) is 5.62. The molecule has 2 heterocycles. The quantitative estimate of drug-likeness (QED) is 0.486. The first-order chi connectivity index (χ1) is 10.4. The Morgan fingerprint density at radius 1 is 1.14 bits per heavy atom. The van der Waals surface area contributed by atoms with Crippen molar-refractivity contribution in [1.29, 1.82) is 0 Å². The van der Waals surface area contributed by atoms with Gasteiger partial charge < -0.3 is 14.2 Å². The van der Waals surface area contributed by atoms with E-state index in [2.05, 4.69) is 0 Å². The molecule has 22 heavy (non-hydrogen) atoms. The van der Waals surface area contributed by atoms with Crippen LogP contribution < -0.4 is 9.47 Å². The van der Waals surface area contributed by atoms with E-state index in [9.17, 15) is 9.59 Å². The van der Waals surface area contributed by atoms with Gasteiger partial charge in [0.05, 0.1) is 17.2 Å². The van der Waals surface area contributed by atoms with Crippen LogP contribution in [0, 0.1) is 0 Å². The molecule has 0 amide bonds. The van der Waals surface area contributed by atoms with Crippen molar-refractivity contribution in [1.82, 2.24) is 0 Å². The van der Waals surface area contributed by atoms with Crippen molar-refractivity contribution in [2.75, 3.05) is 6.61 Å². The minimum Gasteiger partial charge on any atom is -0.489 e. The molecular weight excluding hydrogens is 308 g/mol. The van der Waals surface area contributed by atoms with E-state index in [-0.39, 0.29) is 24.4 Å². The first kappa shape index (κ1) is 15.2. The Labute approximate surface area is 133 Å². The Morgan fingerprint density at radius 3 is 2.36 bits per heavy atom. The minimum absolute atomic E-state index is 0.0961. The maximum Gasteiger partial charge on any atom is 0.379 e. The Bertz CT molecular complexity index is 628. The number of ketones is 1. The summed E-state index contributed by atoms with van der Waals surface area (Å²) < 4.78 is 16.3. The predicted molar refractivity (Wildman–Crippen MR) is 80.0 cm³/mol. The second kappa shape index (κ2) is 5.47. The summed E-state index contributed by atoms with van der Waals surface area (Å²) in [5.41, 5.74) is 1.62. The van der Waals surface area contributed by atoms with Crippen molar-refractivity contribution in [3.05, 3.63) is 21.7 Å². The van der Waals surface area contributed by atoms with Crippen molar-refractivity contribution in [3.8, 4) is 11.5 Å². The van der Waals surface area contributed by atoms with Crippen LogP contribution >= 0.6 is 11.6 Å². The maximum absolute atomic E-state index is 12.5. The van der Waals surface area contributed by atoms with Gasteiger partial charge in [-0.1, -0.05) is 11.6 Å². The summed E-state index contributed by atoms with van der Waals surface area (Å²) >= 11 is 6.42. The van der Waals surface area contributed by atoms with Gasteiger partial charge in [0.1, 0.15) is 23.7 Å². The molecule has 0 spiro atoms. The average molecular weight is 325 g/mol.